The van der Waals surface area contributed by atoms with E-state index in [2.05, 4.69) is 22.2 Å². The van der Waals surface area contributed by atoms with Crippen molar-refractivity contribution in [2.24, 2.45) is 0 Å². The van der Waals surface area contributed by atoms with E-state index in [1.54, 1.807) is 11.3 Å². The number of hydrogen-bond acceptors (Lipinski definition) is 4. The van der Waals surface area contributed by atoms with E-state index < -0.39 is 0 Å². The van der Waals surface area contributed by atoms with Gasteiger partial charge in [-0.15, -0.1) is 11.3 Å². The smallest absolute Gasteiger partial charge is 0.325 e. The van der Waals surface area contributed by atoms with Gasteiger partial charge in [-0.3, -0.25) is 4.79 Å². The number of benzene rings is 1. The van der Waals surface area contributed by atoms with Crippen molar-refractivity contribution < 1.29 is 9.53 Å². The molecule has 0 fully saturated rings. The lowest BCUT2D eigenvalue weighted by atomic mass is 10.2. The Labute approximate surface area is 104 Å². The van der Waals surface area contributed by atoms with E-state index in [9.17, 15) is 4.79 Å². The van der Waals surface area contributed by atoms with E-state index in [4.69, 9.17) is 0 Å². The molecule has 1 aromatic carbocycles. The molecule has 0 aliphatic rings. The van der Waals surface area contributed by atoms with E-state index in [1.807, 2.05) is 29.6 Å². The summed E-state index contributed by atoms with van der Waals surface area (Å²) in [6.45, 7) is 0.196. The highest BCUT2D eigenvalue weighted by atomic mass is 32.1. The zero-order chi connectivity index (χ0) is 12.1. The molecule has 0 atom stereocenters. The highest BCUT2D eigenvalue weighted by Crippen LogP contribution is 2.29. The van der Waals surface area contributed by atoms with Crippen LogP contribution in [-0.4, -0.2) is 19.6 Å². The van der Waals surface area contributed by atoms with Gasteiger partial charge in [-0.2, -0.15) is 0 Å². The first kappa shape index (κ1) is 11.7. The Morgan fingerprint density at radius 3 is 2.82 bits per heavy atom. The molecule has 0 amide bonds. The lowest BCUT2D eigenvalue weighted by Crippen LogP contribution is -2.14. The van der Waals surface area contributed by atoms with Gasteiger partial charge in [0.15, 0.2) is 0 Å². The second-order valence-electron chi connectivity index (χ2n) is 3.50. The lowest BCUT2D eigenvalue weighted by molar-refractivity contribution is -0.138. The van der Waals surface area contributed by atoms with Crippen LogP contribution in [0.25, 0.3) is 10.4 Å². The topological polar surface area (TPSA) is 38.3 Å². The van der Waals surface area contributed by atoms with Gasteiger partial charge in [0.05, 0.1) is 7.11 Å². The van der Waals surface area contributed by atoms with Gasteiger partial charge in [-0.25, -0.2) is 0 Å². The van der Waals surface area contributed by atoms with E-state index in [0.717, 1.165) is 5.69 Å². The van der Waals surface area contributed by atoms with E-state index in [-0.39, 0.29) is 12.5 Å². The predicted molar refractivity (Wildman–Crippen MR) is 70.3 cm³/mol. The molecule has 0 unspecified atom stereocenters. The zero-order valence-corrected chi connectivity index (χ0v) is 10.3. The molecule has 0 bridgehead atoms. The Balaban J connectivity index is 2.04. The number of thiophene rings is 1. The van der Waals surface area contributed by atoms with Crippen LogP contribution in [0.5, 0.6) is 0 Å². The molecule has 0 aliphatic carbocycles. The molecule has 0 saturated heterocycles. The first-order chi connectivity index (χ1) is 8.29. The zero-order valence-electron chi connectivity index (χ0n) is 9.47. The predicted octanol–water partition coefficient (Wildman–Crippen LogP) is 3.00. The fourth-order valence-electron chi connectivity index (χ4n) is 1.43. The van der Waals surface area contributed by atoms with Crippen LogP contribution in [0, 0.1) is 0 Å². The number of anilines is 1. The Kier molecular flexibility index (Phi) is 3.77. The molecule has 88 valence electrons. The summed E-state index contributed by atoms with van der Waals surface area (Å²) in [6.07, 6.45) is 0. The fraction of sp³-hybridized carbons (Fsp3) is 0.154. The van der Waals surface area contributed by atoms with Crippen molar-refractivity contribution in [1.29, 1.82) is 0 Å². The number of hydrogen-bond donors (Lipinski definition) is 1. The van der Waals surface area contributed by atoms with Crippen molar-refractivity contribution >= 4 is 23.0 Å². The van der Waals surface area contributed by atoms with Crippen molar-refractivity contribution in [2.75, 3.05) is 19.0 Å². The lowest BCUT2D eigenvalue weighted by Gasteiger charge is -2.01. The average molecular weight is 247 g/mol. The number of esters is 1. The normalized spacial score (nSPS) is 9.94. The van der Waals surface area contributed by atoms with Gasteiger partial charge in [0.1, 0.15) is 6.54 Å². The number of ether oxygens (including phenoxy) is 1. The maximum Gasteiger partial charge on any atom is 0.325 e. The molecule has 0 aliphatic heterocycles. The summed E-state index contributed by atoms with van der Waals surface area (Å²) < 4.78 is 4.57. The molecule has 0 saturated carbocycles. The van der Waals surface area contributed by atoms with Gasteiger partial charge in [0.25, 0.3) is 0 Å². The molecular formula is C13H13NO2S. The molecular weight excluding hydrogens is 234 g/mol. The summed E-state index contributed by atoms with van der Waals surface area (Å²) in [5, 5.41) is 5.01. The molecule has 1 aromatic heterocycles. The van der Waals surface area contributed by atoms with Crippen LogP contribution in [0.1, 0.15) is 0 Å². The molecule has 3 nitrogen and oxygen atoms in total. The summed E-state index contributed by atoms with van der Waals surface area (Å²) in [7, 11) is 1.38. The number of rotatable bonds is 4. The van der Waals surface area contributed by atoms with Crippen molar-refractivity contribution in [3.05, 3.63) is 41.8 Å². The third-order valence-electron chi connectivity index (χ3n) is 2.32. The van der Waals surface area contributed by atoms with Gasteiger partial charge < -0.3 is 10.1 Å². The Morgan fingerprint density at radius 2 is 2.12 bits per heavy atom. The monoisotopic (exact) mass is 247 g/mol. The quantitative estimate of drug-likeness (QED) is 0.844. The first-order valence-corrected chi connectivity index (χ1v) is 6.12. The van der Waals surface area contributed by atoms with Gasteiger partial charge in [0, 0.05) is 15.9 Å². The minimum absolute atomic E-state index is 0.196. The SMILES string of the molecule is COC(=O)CNc1csc(-c2ccccc2)c1. The number of carbonyl (C=O) groups excluding carboxylic acids is 1. The van der Waals surface area contributed by atoms with Crippen LogP contribution in [-0.2, 0) is 9.53 Å². The van der Waals surface area contributed by atoms with Crippen LogP contribution >= 0.6 is 11.3 Å². The fourth-order valence-corrected chi connectivity index (χ4v) is 2.30. The van der Waals surface area contributed by atoms with Crippen LogP contribution < -0.4 is 5.32 Å². The molecule has 2 aromatic rings. The summed E-state index contributed by atoms with van der Waals surface area (Å²) in [5.74, 6) is -0.266. The maximum atomic E-state index is 11.0. The van der Waals surface area contributed by atoms with Crippen molar-refractivity contribution in [3.63, 3.8) is 0 Å². The van der Waals surface area contributed by atoms with Crippen LogP contribution in [0.4, 0.5) is 5.69 Å². The summed E-state index contributed by atoms with van der Waals surface area (Å²) in [6, 6.07) is 12.2. The molecule has 1 N–H and O–H groups in total. The van der Waals surface area contributed by atoms with Crippen LogP contribution in [0.2, 0.25) is 0 Å². The molecule has 0 radical (unpaired) electrons. The second-order valence-corrected chi connectivity index (χ2v) is 4.41. The first-order valence-electron chi connectivity index (χ1n) is 5.24. The van der Waals surface area contributed by atoms with E-state index in [0.29, 0.717) is 0 Å². The molecule has 4 heteroatoms. The summed E-state index contributed by atoms with van der Waals surface area (Å²) >= 11 is 1.65. The number of methoxy groups -OCH3 is 1. The Morgan fingerprint density at radius 1 is 1.35 bits per heavy atom. The maximum absolute atomic E-state index is 11.0. The largest absolute Gasteiger partial charge is 0.468 e. The van der Waals surface area contributed by atoms with Gasteiger partial charge in [-0.1, -0.05) is 30.3 Å². The molecule has 0 spiro atoms. The Bertz CT molecular complexity index is 493. The van der Waals surface area contributed by atoms with E-state index in [1.165, 1.54) is 17.6 Å². The molecule has 2 rings (SSSR count). The third-order valence-corrected chi connectivity index (χ3v) is 3.30. The van der Waals surface area contributed by atoms with Crippen molar-refractivity contribution in [1.82, 2.24) is 0 Å². The van der Waals surface area contributed by atoms with Crippen molar-refractivity contribution in [2.45, 2.75) is 0 Å². The highest BCUT2D eigenvalue weighted by Gasteiger charge is 2.04. The Hall–Kier alpha value is -1.81. The van der Waals surface area contributed by atoms with Gasteiger partial charge >= 0.3 is 5.97 Å². The van der Waals surface area contributed by atoms with Gasteiger partial charge in [-0.05, 0) is 11.6 Å². The minimum atomic E-state index is -0.266. The molecule has 17 heavy (non-hydrogen) atoms. The van der Waals surface area contributed by atoms with Gasteiger partial charge in [0.2, 0.25) is 0 Å². The average Bonchev–Trinajstić information content (AvgIpc) is 2.86. The number of carbonyl (C=O) groups is 1. The standard InChI is InChI=1S/C13H13NO2S/c1-16-13(15)8-14-11-7-12(17-9-11)10-5-3-2-4-6-10/h2-7,9,14H,8H2,1H3. The van der Waals surface area contributed by atoms with Crippen LogP contribution in [0.15, 0.2) is 41.8 Å². The van der Waals surface area contributed by atoms with Crippen molar-refractivity contribution in [3.8, 4) is 10.4 Å². The molecule has 1 heterocycles. The third kappa shape index (κ3) is 3.07. The van der Waals surface area contributed by atoms with E-state index >= 15 is 0 Å². The minimum Gasteiger partial charge on any atom is -0.468 e. The highest BCUT2D eigenvalue weighted by molar-refractivity contribution is 7.14. The summed E-state index contributed by atoms with van der Waals surface area (Å²) in [4.78, 5) is 12.2. The summed E-state index contributed by atoms with van der Waals surface area (Å²) in [5.41, 5.74) is 2.13. The van der Waals surface area contributed by atoms with Crippen LogP contribution in [0.3, 0.4) is 0 Å². The second kappa shape index (κ2) is 5.50. The number of nitrogens with one attached hydrogen (secondary N) is 1.